The number of benzene rings is 1. The molecular weight excluding hydrogens is 246 g/mol. The zero-order valence-corrected chi connectivity index (χ0v) is 10.7. The maximum absolute atomic E-state index is 13.7. The SMILES string of the molecule is CNC(CCc1cccnc1)c1c(F)cccc1F. The maximum atomic E-state index is 13.7. The van der Waals surface area contributed by atoms with Gasteiger partial charge in [0.1, 0.15) is 11.6 Å². The number of nitrogens with zero attached hydrogens (tertiary/aromatic N) is 1. The van der Waals surface area contributed by atoms with E-state index in [0.717, 1.165) is 5.56 Å². The zero-order chi connectivity index (χ0) is 13.7. The van der Waals surface area contributed by atoms with Gasteiger partial charge < -0.3 is 5.32 Å². The van der Waals surface area contributed by atoms with Crippen molar-refractivity contribution in [3.63, 3.8) is 0 Å². The smallest absolute Gasteiger partial charge is 0.130 e. The predicted octanol–water partition coefficient (Wildman–Crippen LogP) is 3.25. The van der Waals surface area contributed by atoms with E-state index in [9.17, 15) is 8.78 Å². The molecule has 0 fully saturated rings. The number of halogens is 2. The second-order valence-electron chi connectivity index (χ2n) is 4.38. The summed E-state index contributed by atoms with van der Waals surface area (Å²) in [6.07, 6.45) is 4.80. The van der Waals surface area contributed by atoms with Gasteiger partial charge in [-0.1, -0.05) is 12.1 Å². The molecule has 2 aromatic rings. The fourth-order valence-electron chi connectivity index (χ4n) is 2.13. The summed E-state index contributed by atoms with van der Waals surface area (Å²) < 4.78 is 27.4. The highest BCUT2D eigenvalue weighted by atomic mass is 19.1. The van der Waals surface area contributed by atoms with Crippen LogP contribution in [0.5, 0.6) is 0 Å². The van der Waals surface area contributed by atoms with E-state index >= 15 is 0 Å². The van der Waals surface area contributed by atoms with E-state index in [2.05, 4.69) is 10.3 Å². The van der Waals surface area contributed by atoms with E-state index in [1.807, 2.05) is 12.1 Å². The summed E-state index contributed by atoms with van der Waals surface area (Å²) in [6, 6.07) is 7.41. The third kappa shape index (κ3) is 3.35. The van der Waals surface area contributed by atoms with Gasteiger partial charge in [-0.3, -0.25) is 4.98 Å². The van der Waals surface area contributed by atoms with E-state index in [0.29, 0.717) is 12.8 Å². The lowest BCUT2D eigenvalue weighted by Crippen LogP contribution is -2.20. The third-order valence-electron chi connectivity index (χ3n) is 3.14. The average Bonchev–Trinajstić information content (AvgIpc) is 2.43. The first kappa shape index (κ1) is 13.6. The van der Waals surface area contributed by atoms with Crippen LogP contribution in [0.15, 0.2) is 42.7 Å². The van der Waals surface area contributed by atoms with Crippen LogP contribution in [-0.4, -0.2) is 12.0 Å². The lowest BCUT2D eigenvalue weighted by molar-refractivity contribution is 0.471. The van der Waals surface area contributed by atoms with Gasteiger partial charge in [0.15, 0.2) is 0 Å². The quantitative estimate of drug-likeness (QED) is 0.894. The number of aryl methyl sites for hydroxylation is 1. The van der Waals surface area contributed by atoms with Gasteiger partial charge in [-0.15, -0.1) is 0 Å². The molecule has 2 rings (SSSR count). The van der Waals surface area contributed by atoms with E-state index in [4.69, 9.17) is 0 Å². The van der Waals surface area contributed by atoms with Crippen LogP contribution in [0.4, 0.5) is 8.78 Å². The Hall–Kier alpha value is -1.81. The minimum absolute atomic E-state index is 0.105. The van der Waals surface area contributed by atoms with Crippen molar-refractivity contribution >= 4 is 0 Å². The van der Waals surface area contributed by atoms with Crippen LogP contribution >= 0.6 is 0 Å². The molecule has 1 heterocycles. The topological polar surface area (TPSA) is 24.9 Å². The molecule has 0 spiro atoms. The summed E-state index contributed by atoms with van der Waals surface area (Å²) in [5.41, 5.74) is 1.16. The molecule has 0 amide bonds. The highest BCUT2D eigenvalue weighted by molar-refractivity contribution is 5.23. The Bertz CT molecular complexity index is 509. The molecule has 4 heteroatoms. The molecule has 1 N–H and O–H groups in total. The summed E-state index contributed by atoms with van der Waals surface area (Å²) in [5.74, 6) is -1.02. The van der Waals surface area contributed by atoms with Gasteiger partial charge in [-0.25, -0.2) is 8.78 Å². The number of rotatable bonds is 5. The van der Waals surface area contributed by atoms with Gasteiger partial charge in [0.25, 0.3) is 0 Å². The number of nitrogens with one attached hydrogen (secondary N) is 1. The molecule has 0 aliphatic carbocycles. The van der Waals surface area contributed by atoms with Crippen LogP contribution in [0.25, 0.3) is 0 Å². The maximum Gasteiger partial charge on any atom is 0.130 e. The van der Waals surface area contributed by atoms with Crippen LogP contribution in [0.1, 0.15) is 23.6 Å². The zero-order valence-electron chi connectivity index (χ0n) is 10.7. The normalized spacial score (nSPS) is 12.4. The predicted molar refractivity (Wildman–Crippen MR) is 70.7 cm³/mol. The van der Waals surface area contributed by atoms with Gasteiger partial charge in [0.2, 0.25) is 0 Å². The minimum atomic E-state index is -0.509. The Kier molecular flexibility index (Phi) is 4.58. The molecule has 0 aliphatic heterocycles. The molecule has 0 aliphatic rings. The number of aromatic nitrogens is 1. The third-order valence-corrected chi connectivity index (χ3v) is 3.14. The van der Waals surface area contributed by atoms with Crippen LogP contribution in [-0.2, 0) is 6.42 Å². The summed E-state index contributed by atoms with van der Waals surface area (Å²) in [7, 11) is 1.71. The van der Waals surface area contributed by atoms with Crippen molar-refractivity contribution in [1.82, 2.24) is 10.3 Å². The summed E-state index contributed by atoms with van der Waals surface area (Å²) >= 11 is 0. The van der Waals surface area contributed by atoms with Crippen LogP contribution < -0.4 is 5.32 Å². The standard InChI is InChI=1S/C15H16F2N2/c1-18-14(8-7-11-4-3-9-19-10-11)15-12(16)5-2-6-13(15)17/h2-6,9-10,14,18H,7-8H2,1H3. The van der Waals surface area contributed by atoms with Crippen LogP contribution in [0, 0.1) is 11.6 Å². The van der Waals surface area contributed by atoms with E-state index in [1.165, 1.54) is 18.2 Å². The lowest BCUT2D eigenvalue weighted by Gasteiger charge is -2.18. The molecule has 2 nitrogen and oxygen atoms in total. The highest BCUT2D eigenvalue weighted by Crippen LogP contribution is 2.24. The first-order valence-electron chi connectivity index (χ1n) is 6.22. The Balaban J connectivity index is 2.12. The monoisotopic (exact) mass is 262 g/mol. The van der Waals surface area contributed by atoms with Crippen molar-refractivity contribution in [2.24, 2.45) is 0 Å². The minimum Gasteiger partial charge on any atom is -0.313 e. The number of pyridine rings is 1. The largest absolute Gasteiger partial charge is 0.313 e. The van der Waals surface area contributed by atoms with Crippen molar-refractivity contribution in [3.05, 3.63) is 65.5 Å². The molecule has 1 atom stereocenters. The molecule has 100 valence electrons. The Morgan fingerprint density at radius 1 is 1.16 bits per heavy atom. The van der Waals surface area contributed by atoms with Crippen LogP contribution in [0.3, 0.4) is 0 Å². The molecule has 0 saturated heterocycles. The molecule has 1 unspecified atom stereocenters. The number of hydrogen-bond donors (Lipinski definition) is 1. The second kappa shape index (κ2) is 6.38. The van der Waals surface area contributed by atoms with Crippen molar-refractivity contribution in [2.75, 3.05) is 7.05 Å². The summed E-state index contributed by atoms with van der Waals surface area (Å²) in [5, 5.41) is 2.97. The average molecular weight is 262 g/mol. The van der Waals surface area contributed by atoms with Crippen molar-refractivity contribution in [2.45, 2.75) is 18.9 Å². The molecular formula is C15H16F2N2. The fourth-order valence-corrected chi connectivity index (χ4v) is 2.13. The Morgan fingerprint density at radius 2 is 1.89 bits per heavy atom. The van der Waals surface area contributed by atoms with Crippen molar-refractivity contribution in [1.29, 1.82) is 0 Å². The molecule has 1 aromatic carbocycles. The molecule has 0 saturated carbocycles. The Labute approximate surface area is 111 Å². The molecule has 0 radical (unpaired) electrons. The number of hydrogen-bond acceptors (Lipinski definition) is 2. The second-order valence-corrected chi connectivity index (χ2v) is 4.38. The summed E-state index contributed by atoms with van der Waals surface area (Å²) in [4.78, 5) is 4.03. The fraction of sp³-hybridized carbons (Fsp3) is 0.267. The van der Waals surface area contributed by atoms with Gasteiger partial charge in [-0.05, 0) is 43.7 Å². The van der Waals surface area contributed by atoms with E-state index in [1.54, 1.807) is 19.4 Å². The van der Waals surface area contributed by atoms with Crippen molar-refractivity contribution < 1.29 is 8.78 Å². The lowest BCUT2D eigenvalue weighted by atomic mass is 9.99. The Morgan fingerprint density at radius 3 is 2.47 bits per heavy atom. The first-order chi connectivity index (χ1) is 9.22. The van der Waals surface area contributed by atoms with Crippen LogP contribution in [0.2, 0.25) is 0 Å². The molecule has 1 aromatic heterocycles. The molecule has 19 heavy (non-hydrogen) atoms. The molecule has 0 bridgehead atoms. The van der Waals surface area contributed by atoms with Gasteiger partial charge >= 0.3 is 0 Å². The summed E-state index contributed by atoms with van der Waals surface area (Å²) in [6.45, 7) is 0. The highest BCUT2D eigenvalue weighted by Gasteiger charge is 2.18. The van der Waals surface area contributed by atoms with E-state index < -0.39 is 11.6 Å². The van der Waals surface area contributed by atoms with Crippen molar-refractivity contribution in [3.8, 4) is 0 Å². The van der Waals surface area contributed by atoms with Gasteiger partial charge in [0, 0.05) is 24.0 Å². The van der Waals surface area contributed by atoms with Gasteiger partial charge in [-0.2, -0.15) is 0 Å². The van der Waals surface area contributed by atoms with E-state index in [-0.39, 0.29) is 11.6 Å². The van der Waals surface area contributed by atoms with Gasteiger partial charge in [0.05, 0.1) is 0 Å². The first-order valence-corrected chi connectivity index (χ1v) is 6.22.